The number of hydrogen-bond acceptors (Lipinski definition) is 2. The first-order chi connectivity index (χ1) is 6.74. The molecule has 1 rings (SSSR count). The molecule has 1 N–H and O–H groups in total. The van der Waals surface area contributed by atoms with E-state index in [0.717, 1.165) is 3.57 Å². The maximum Gasteiger partial charge on any atom is 0.251 e. The number of ether oxygens (including phenoxy) is 1. The maximum atomic E-state index is 11.5. The standard InChI is InChI=1S/C10H12INO2/c1-14-6-5-12-10(13)8-3-2-4-9(11)7-8/h2-4,7H,5-6H2,1H3,(H,12,13). The molecule has 4 heteroatoms. The van der Waals surface area contributed by atoms with E-state index in [2.05, 4.69) is 27.9 Å². The number of carbonyl (C=O) groups excluding carboxylic acids is 1. The molecule has 0 saturated carbocycles. The predicted molar refractivity (Wildman–Crippen MR) is 63.4 cm³/mol. The topological polar surface area (TPSA) is 38.3 Å². The Morgan fingerprint density at radius 2 is 2.36 bits per heavy atom. The average molecular weight is 305 g/mol. The molecule has 0 aliphatic heterocycles. The Hall–Kier alpha value is -0.620. The van der Waals surface area contributed by atoms with Crippen LogP contribution < -0.4 is 5.32 Å². The molecule has 0 radical (unpaired) electrons. The molecule has 76 valence electrons. The molecule has 0 aromatic heterocycles. The monoisotopic (exact) mass is 305 g/mol. The first-order valence-electron chi connectivity index (χ1n) is 4.26. The van der Waals surface area contributed by atoms with Crippen LogP contribution in [0, 0.1) is 3.57 Å². The van der Waals surface area contributed by atoms with Gasteiger partial charge in [-0.3, -0.25) is 4.79 Å². The fourth-order valence-electron chi connectivity index (χ4n) is 0.998. The number of rotatable bonds is 4. The Bertz CT molecular complexity index is 315. The minimum absolute atomic E-state index is 0.0550. The van der Waals surface area contributed by atoms with E-state index in [1.165, 1.54) is 0 Å². The van der Waals surface area contributed by atoms with Crippen molar-refractivity contribution in [3.05, 3.63) is 33.4 Å². The molecule has 1 amide bonds. The second-order valence-electron chi connectivity index (χ2n) is 2.76. The summed E-state index contributed by atoms with van der Waals surface area (Å²) in [5.41, 5.74) is 0.688. The van der Waals surface area contributed by atoms with Crippen molar-refractivity contribution in [3.8, 4) is 0 Å². The van der Waals surface area contributed by atoms with Gasteiger partial charge >= 0.3 is 0 Å². The molecular weight excluding hydrogens is 293 g/mol. The van der Waals surface area contributed by atoms with Crippen LogP contribution in [-0.2, 0) is 4.74 Å². The third kappa shape index (κ3) is 3.63. The van der Waals surface area contributed by atoms with E-state index in [9.17, 15) is 4.79 Å². The van der Waals surface area contributed by atoms with Gasteiger partial charge < -0.3 is 10.1 Å². The highest BCUT2D eigenvalue weighted by Gasteiger charge is 2.03. The van der Waals surface area contributed by atoms with Gasteiger partial charge in [0.2, 0.25) is 0 Å². The lowest BCUT2D eigenvalue weighted by Gasteiger charge is -2.04. The molecular formula is C10H12INO2. The fourth-order valence-corrected chi connectivity index (χ4v) is 1.54. The van der Waals surface area contributed by atoms with Crippen LogP contribution in [0.3, 0.4) is 0 Å². The summed E-state index contributed by atoms with van der Waals surface area (Å²) in [4.78, 5) is 11.5. The van der Waals surface area contributed by atoms with Crippen LogP contribution in [0.4, 0.5) is 0 Å². The number of benzene rings is 1. The molecule has 0 saturated heterocycles. The first kappa shape index (κ1) is 11.5. The summed E-state index contributed by atoms with van der Waals surface area (Å²) in [5, 5.41) is 2.76. The van der Waals surface area contributed by atoms with Crippen LogP contribution in [0.15, 0.2) is 24.3 Å². The molecule has 0 atom stereocenters. The lowest BCUT2D eigenvalue weighted by atomic mass is 10.2. The van der Waals surface area contributed by atoms with Crippen molar-refractivity contribution in [1.82, 2.24) is 5.32 Å². The van der Waals surface area contributed by atoms with E-state index in [-0.39, 0.29) is 5.91 Å². The Balaban J connectivity index is 2.52. The van der Waals surface area contributed by atoms with Gasteiger partial charge in [-0.2, -0.15) is 0 Å². The number of nitrogens with one attached hydrogen (secondary N) is 1. The van der Waals surface area contributed by atoms with Crippen molar-refractivity contribution < 1.29 is 9.53 Å². The zero-order valence-electron chi connectivity index (χ0n) is 7.92. The molecule has 3 nitrogen and oxygen atoms in total. The first-order valence-corrected chi connectivity index (χ1v) is 5.34. The highest BCUT2D eigenvalue weighted by atomic mass is 127. The molecule has 0 aliphatic carbocycles. The third-order valence-electron chi connectivity index (χ3n) is 1.68. The van der Waals surface area contributed by atoms with E-state index in [1.54, 1.807) is 13.2 Å². The predicted octanol–water partition coefficient (Wildman–Crippen LogP) is 1.67. The van der Waals surface area contributed by atoms with Crippen molar-refractivity contribution in [2.75, 3.05) is 20.3 Å². The van der Waals surface area contributed by atoms with E-state index >= 15 is 0 Å². The highest BCUT2D eigenvalue weighted by molar-refractivity contribution is 14.1. The molecule has 0 unspecified atom stereocenters. The number of halogens is 1. The van der Waals surface area contributed by atoms with E-state index < -0.39 is 0 Å². The van der Waals surface area contributed by atoms with Gasteiger partial charge in [-0.1, -0.05) is 6.07 Å². The SMILES string of the molecule is COCCNC(=O)c1cccc(I)c1. The van der Waals surface area contributed by atoms with E-state index in [1.807, 2.05) is 18.2 Å². The second-order valence-corrected chi connectivity index (χ2v) is 4.00. The van der Waals surface area contributed by atoms with Gasteiger partial charge in [0, 0.05) is 22.8 Å². The zero-order chi connectivity index (χ0) is 10.4. The fraction of sp³-hybridized carbons (Fsp3) is 0.300. The van der Waals surface area contributed by atoms with Crippen molar-refractivity contribution in [2.45, 2.75) is 0 Å². The van der Waals surface area contributed by atoms with Crippen LogP contribution >= 0.6 is 22.6 Å². The third-order valence-corrected chi connectivity index (χ3v) is 2.35. The van der Waals surface area contributed by atoms with Gasteiger partial charge in [-0.15, -0.1) is 0 Å². The summed E-state index contributed by atoms with van der Waals surface area (Å²) in [5.74, 6) is -0.0550. The summed E-state index contributed by atoms with van der Waals surface area (Å²) in [6.07, 6.45) is 0. The van der Waals surface area contributed by atoms with Gasteiger partial charge in [0.1, 0.15) is 0 Å². The Morgan fingerprint density at radius 3 is 3.00 bits per heavy atom. The van der Waals surface area contributed by atoms with Crippen LogP contribution in [0.5, 0.6) is 0 Å². The minimum atomic E-state index is -0.0550. The van der Waals surface area contributed by atoms with Crippen LogP contribution in [0.1, 0.15) is 10.4 Å². The highest BCUT2D eigenvalue weighted by Crippen LogP contribution is 2.07. The Labute approximate surface area is 97.0 Å². The number of carbonyl (C=O) groups is 1. The smallest absolute Gasteiger partial charge is 0.251 e. The lowest BCUT2D eigenvalue weighted by molar-refractivity contribution is 0.0937. The van der Waals surface area contributed by atoms with Gasteiger partial charge in [0.05, 0.1) is 6.61 Å². The number of hydrogen-bond donors (Lipinski definition) is 1. The number of amides is 1. The molecule has 0 fully saturated rings. The summed E-state index contributed by atoms with van der Waals surface area (Å²) in [6.45, 7) is 1.08. The second kappa shape index (κ2) is 5.98. The van der Waals surface area contributed by atoms with Crippen molar-refractivity contribution in [1.29, 1.82) is 0 Å². The molecule has 0 spiro atoms. The van der Waals surface area contributed by atoms with E-state index in [4.69, 9.17) is 4.74 Å². The molecule has 1 aromatic carbocycles. The minimum Gasteiger partial charge on any atom is -0.383 e. The molecule has 0 aliphatic rings. The van der Waals surface area contributed by atoms with Crippen LogP contribution in [-0.4, -0.2) is 26.2 Å². The van der Waals surface area contributed by atoms with Crippen LogP contribution in [0.2, 0.25) is 0 Å². The number of methoxy groups -OCH3 is 1. The van der Waals surface area contributed by atoms with Crippen LogP contribution in [0.25, 0.3) is 0 Å². The molecule has 0 bridgehead atoms. The Morgan fingerprint density at radius 1 is 1.57 bits per heavy atom. The summed E-state index contributed by atoms with van der Waals surface area (Å²) < 4.78 is 5.89. The van der Waals surface area contributed by atoms with Crippen molar-refractivity contribution >= 4 is 28.5 Å². The summed E-state index contributed by atoms with van der Waals surface area (Å²) in [6, 6.07) is 7.46. The average Bonchev–Trinajstić information content (AvgIpc) is 2.18. The summed E-state index contributed by atoms with van der Waals surface area (Å²) in [7, 11) is 1.61. The molecule has 0 heterocycles. The quantitative estimate of drug-likeness (QED) is 0.679. The normalized spacial score (nSPS) is 9.86. The van der Waals surface area contributed by atoms with Crippen molar-refractivity contribution in [3.63, 3.8) is 0 Å². The van der Waals surface area contributed by atoms with Gasteiger partial charge in [0.15, 0.2) is 0 Å². The largest absolute Gasteiger partial charge is 0.383 e. The van der Waals surface area contributed by atoms with Gasteiger partial charge in [-0.25, -0.2) is 0 Å². The maximum absolute atomic E-state index is 11.5. The van der Waals surface area contributed by atoms with Gasteiger partial charge in [0.25, 0.3) is 5.91 Å². The van der Waals surface area contributed by atoms with E-state index in [0.29, 0.717) is 18.7 Å². The molecule has 1 aromatic rings. The zero-order valence-corrected chi connectivity index (χ0v) is 10.1. The molecule has 14 heavy (non-hydrogen) atoms. The van der Waals surface area contributed by atoms with Gasteiger partial charge in [-0.05, 0) is 40.8 Å². The van der Waals surface area contributed by atoms with Crippen molar-refractivity contribution in [2.24, 2.45) is 0 Å². The Kier molecular flexibility index (Phi) is 4.89. The summed E-state index contributed by atoms with van der Waals surface area (Å²) >= 11 is 2.18. The lowest BCUT2D eigenvalue weighted by Crippen LogP contribution is -2.26.